The maximum atomic E-state index is 15.5. The Bertz CT molecular complexity index is 1810. The highest BCUT2D eigenvalue weighted by molar-refractivity contribution is 6.99. The van der Waals surface area contributed by atoms with Crippen LogP contribution < -0.4 is 10.4 Å². The number of carbonyl (C=O) groups excluding carboxylic acids is 2. The zero-order valence-electron chi connectivity index (χ0n) is 30.6. The highest BCUT2D eigenvalue weighted by Crippen LogP contribution is 2.55. The number of likely N-dealkylation sites (tertiary alicyclic amines) is 1. The van der Waals surface area contributed by atoms with E-state index in [-0.39, 0.29) is 28.8 Å². The molecule has 0 aromatic heterocycles. The van der Waals surface area contributed by atoms with Crippen LogP contribution in [-0.2, 0) is 18.8 Å². The van der Waals surface area contributed by atoms with Crippen molar-refractivity contribution in [2.75, 3.05) is 20.3 Å². The van der Waals surface area contributed by atoms with Gasteiger partial charge in [-0.25, -0.2) is 0 Å². The van der Waals surface area contributed by atoms with Crippen molar-refractivity contribution in [2.24, 2.45) is 17.3 Å². The van der Waals surface area contributed by atoms with Crippen LogP contribution in [-0.4, -0.2) is 56.6 Å². The third-order valence-electron chi connectivity index (χ3n) is 11.4. The van der Waals surface area contributed by atoms with Crippen LogP contribution in [0.1, 0.15) is 70.0 Å². The number of piperidine rings is 1. The monoisotopic (exact) mass is 757 g/mol. The number of carbonyl (C=O) groups is 2. The van der Waals surface area contributed by atoms with Crippen LogP contribution in [0.4, 0.5) is 0 Å². The van der Waals surface area contributed by atoms with E-state index in [0.717, 1.165) is 34.3 Å². The fourth-order valence-corrected chi connectivity index (χ4v) is 13.5. The van der Waals surface area contributed by atoms with Crippen LogP contribution in [0.2, 0.25) is 15.1 Å². The number of rotatable bonds is 12. The number of esters is 1. The Morgan fingerprint density at radius 3 is 1.98 bits per heavy atom. The number of halogens is 2. The van der Waals surface area contributed by atoms with Crippen molar-refractivity contribution >= 4 is 53.8 Å². The summed E-state index contributed by atoms with van der Waals surface area (Å²) in [7, 11) is -1.69. The van der Waals surface area contributed by atoms with Gasteiger partial charge in [-0.15, -0.1) is 0 Å². The van der Waals surface area contributed by atoms with Gasteiger partial charge in [0.05, 0.1) is 43.7 Å². The van der Waals surface area contributed by atoms with Gasteiger partial charge in [-0.1, -0.05) is 129 Å². The predicted molar refractivity (Wildman–Crippen MR) is 211 cm³/mol. The number of hydrogen-bond acceptors (Lipinski definition) is 5. The Hall–Kier alpha value is -3.46. The second kappa shape index (κ2) is 15.5. The van der Waals surface area contributed by atoms with E-state index in [0.29, 0.717) is 23.1 Å². The number of hydrogen-bond donors (Lipinski definition) is 1. The number of benzene rings is 4. The van der Waals surface area contributed by atoms with Gasteiger partial charge < -0.3 is 19.2 Å². The van der Waals surface area contributed by atoms with E-state index >= 15 is 4.79 Å². The highest BCUT2D eigenvalue weighted by Gasteiger charge is 2.59. The van der Waals surface area contributed by atoms with Gasteiger partial charge in [0.25, 0.3) is 8.32 Å². The van der Waals surface area contributed by atoms with Crippen molar-refractivity contribution in [2.45, 2.75) is 70.0 Å². The molecular formula is C43H49Cl2NO5Si. The standard InChI is InChI=1S/C43H49Cl2NO5Si/c1-42(2,3)52(34-15-8-6-9-16-34,35-17-10-7-11-18-35)51-28-38(29-19-20-29)46-39(30-21-23-32(44)24-22-30)36(31-13-12-14-33(45)25-31)26-43(4,41(46)49)37(27-47)40(48)50-5/h6-18,21-25,29,36-39,47H,19-20,26-28H2,1-5H3/t36-,37?,38-,39?,43-/m1/s1. The van der Waals surface area contributed by atoms with Crippen molar-refractivity contribution in [1.29, 1.82) is 0 Å². The van der Waals surface area contributed by atoms with Crippen LogP contribution in [0.15, 0.2) is 109 Å². The lowest BCUT2D eigenvalue weighted by Crippen LogP contribution is -2.68. The Balaban J connectivity index is 1.55. The zero-order chi connectivity index (χ0) is 37.3. The van der Waals surface area contributed by atoms with Gasteiger partial charge in [0.2, 0.25) is 5.91 Å². The normalized spacial score (nSPS) is 22.2. The van der Waals surface area contributed by atoms with E-state index in [1.807, 2.05) is 72.5 Å². The summed E-state index contributed by atoms with van der Waals surface area (Å²) >= 11 is 13.1. The molecule has 6 rings (SSSR count). The Morgan fingerprint density at radius 1 is 0.885 bits per heavy atom. The molecule has 274 valence electrons. The lowest BCUT2D eigenvalue weighted by molar-refractivity contribution is -0.172. The summed E-state index contributed by atoms with van der Waals surface area (Å²) < 4.78 is 12.8. The first-order chi connectivity index (χ1) is 24.9. The minimum Gasteiger partial charge on any atom is -0.469 e. The summed E-state index contributed by atoms with van der Waals surface area (Å²) in [5.41, 5.74) is 0.585. The molecular weight excluding hydrogens is 709 g/mol. The smallest absolute Gasteiger partial charge is 0.312 e. The predicted octanol–water partition coefficient (Wildman–Crippen LogP) is 8.19. The number of ether oxygens (including phenoxy) is 1. The van der Waals surface area contributed by atoms with Crippen molar-refractivity contribution in [3.8, 4) is 0 Å². The SMILES string of the molecule is COC(=O)C(CO)[C@@]1(C)C[C@H](c2cccc(Cl)c2)C(c2ccc(Cl)cc2)N([C@H](CO[Si](c2ccccc2)(c2ccccc2)C(C)(C)C)C2CC2)C1=O. The molecule has 0 spiro atoms. The van der Waals surface area contributed by atoms with E-state index in [1.54, 1.807) is 0 Å². The van der Waals surface area contributed by atoms with Gasteiger partial charge in [0.1, 0.15) is 0 Å². The molecule has 2 fully saturated rings. The third-order valence-corrected chi connectivity index (χ3v) is 16.9. The molecule has 1 N–H and O–H groups in total. The third kappa shape index (κ3) is 7.23. The zero-order valence-corrected chi connectivity index (χ0v) is 33.1. The Kier molecular flexibility index (Phi) is 11.4. The molecule has 52 heavy (non-hydrogen) atoms. The molecule has 4 aromatic rings. The molecule has 1 amide bonds. The fraction of sp³-hybridized carbons (Fsp3) is 0.395. The maximum Gasteiger partial charge on any atom is 0.312 e. The molecule has 0 radical (unpaired) electrons. The number of aliphatic hydroxyl groups is 1. The molecule has 9 heteroatoms. The van der Waals surface area contributed by atoms with Crippen molar-refractivity contribution in [3.63, 3.8) is 0 Å². The molecule has 6 nitrogen and oxygen atoms in total. The van der Waals surface area contributed by atoms with Crippen LogP contribution in [0, 0.1) is 17.3 Å². The Labute approximate surface area is 319 Å². The van der Waals surface area contributed by atoms with E-state index in [1.165, 1.54) is 7.11 Å². The summed E-state index contributed by atoms with van der Waals surface area (Å²) in [5, 5.41) is 14.0. The maximum absolute atomic E-state index is 15.5. The number of aliphatic hydroxyl groups excluding tert-OH is 1. The van der Waals surface area contributed by atoms with Gasteiger partial charge >= 0.3 is 5.97 Å². The second-order valence-electron chi connectivity index (χ2n) is 15.6. The van der Waals surface area contributed by atoms with Crippen LogP contribution in [0.3, 0.4) is 0 Å². The Morgan fingerprint density at radius 2 is 1.48 bits per heavy atom. The van der Waals surface area contributed by atoms with E-state index in [2.05, 4.69) is 69.3 Å². The van der Waals surface area contributed by atoms with Crippen molar-refractivity contribution < 1.29 is 23.9 Å². The van der Waals surface area contributed by atoms with Gasteiger partial charge in [-0.05, 0) is 82.9 Å². The fourth-order valence-electron chi connectivity index (χ4n) is 8.58. The lowest BCUT2D eigenvalue weighted by atomic mass is 9.63. The number of amides is 1. The van der Waals surface area contributed by atoms with Gasteiger partial charge in [0.15, 0.2) is 0 Å². The molecule has 1 saturated carbocycles. The lowest BCUT2D eigenvalue weighted by Gasteiger charge is -2.54. The highest BCUT2D eigenvalue weighted by atomic mass is 35.5. The average Bonchev–Trinajstić information content (AvgIpc) is 3.98. The molecule has 1 aliphatic heterocycles. The molecule has 1 aliphatic carbocycles. The molecule has 5 atom stereocenters. The molecule has 4 aromatic carbocycles. The van der Waals surface area contributed by atoms with Crippen molar-refractivity contribution in [1.82, 2.24) is 4.90 Å². The molecule has 2 unspecified atom stereocenters. The van der Waals surface area contributed by atoms with E-state index in [4.69, 9.17) is 32.4 Å². The molecule has 1 saturated heterocycles. The first-order valence-electron chi connectivity index (χ1n) is 18.1. The van der Waals surface area contributed by atoms with Gasteiger partial charge in [-0.2, -0.15) is 0 Å². The summed E-state index contributed by atoms with van der Waals surface area (Å²) in [6.07, 6.45) is 2.19. The summed E-state index contributed by atoms with van der Waals surface area (Å²) in [5.74, 6) is -1.98. The van der Waals surface area contributed by atoms with Gasteiger partial charge in [0, 0.05) is 16.0 Å². The number of methoxy groups -OCH3 is 1. The molecule has 2 aliphatic rings. The number of nitrogens with zero attached hydrogens (tertiary/aromatic N) is 1. The van der Waals surface area contributed by atoms with Crippen LogP contribution in [0.25, 0.3) is 0 Å². The van der Waals surface area contributed by atoms with Crippen LogP contribution >= 0.6 is 23.2 Å². The largest absolute Gasteiger partial charge is 0.469 e. The topological polar surface area (TPSA) is 76.1 Å². The minimum atomic E-state index is -2.99. The second-order valence-corrected chi connectivity index (χ2v) is 20.8. The minimum absolute atomic E-state index is 0.185. The quantitative estimate of drug-likeness (QED) is 0.117. The first-order valence-corrected chi connectivity index (χ1v) is 20.8. The average molecular weight is 759 g/mol. The first kappa shape index (κ1) is 38.3. The summed E-state index contributed by atoms with van der Waals surface area (Å²) in [6.45, 7) is 8.34. The van der Waals surface area contributed by atoms with E-state index < -0.39 is 38.3 Å². The van der Waals surface area contributed by atoms with Gasteiger partial charge in [-0.3, -0.25) is 9.59 Å². The van der Waals surface area contributed by atoms with E-state index in [9.17, 15) is 9.90 Å². The van der Waals surface area contributed by atoms with Crippen LogP contribution in [0.5, 0.6) is 0 Å². The van der Waals surface area contributed by atoms with Crippen molar-refractivity contribution in [3.05, 3.63) is 130 Å². The summed E-state index contributed by atoms with van der Waals surface area (Å²) in [6, 6.07) is 35.7. The summed E-state index contributed by atoms with van der Waals surface area (Å²) in [4.78, 5) is 30.9. The molecule has 1 heterocycles. The molecule has 0 bridgehead atoms.